The first-order valence-electron chi connectivity index (χ1n) is 6.49. The number of benzene rings is 1. The summed E-state index contributed by atoms with van der Waals surface area (Å²) in [5, 5.41) is 3.41. The van der Waals surface area contributed by atoms with Crippen molar-refractivity contribution >= 4 is 6.08 Å². The van der Waals surface area contributed by atoms with Gasteiger partial charge in [-0.05, 0) is 38.5 Å². The van der Waals surface area contributed by atoms with E-state index in [9.17, 15) is 0 Å². The van der Waals surface area contributed by atoms with Crippen LogP contribution in [0.2, 0.25) is 0 Å². The second kappa shape index (κ2) is 6.58. The van der Waals surface area contributed by atoms with Crippen LogP contribution in [-0.4, -0.2) is 37.6 Å². The molecule has 0 saturated carbocycles. The van der Waals surface area contributed by atoms with Gasteiger partial charge in [0.1, 0.15) is 0 Å². The number of nitrogens with zero attached hydrogens (tertiary/aromatic N) is 1. The Morgan fingerprint density at radius 1 is 1.24 bits per heavy atom. The van der Waals surface area contributed by atoms with E-state index in [4.69, 9.17) is 0 Å². The Morgan fingerprint density at radius 3 is 2.65 bits per heavy atom. The largest absolute Gasteiger partial charge is 0.317 e. The van der Waals surface area contributed by atoms with Crippen LogP contribution in [0.4, 0.5) is 0 Å². The molecule has 0 radical (unpaired) electrons. The maximum Gasteiger partial charge on any atom is 0.0166 e. The Hall–Kier alpha value is -1.12. The van der Waals surface area contributed by atoms with E-state index in [1.807, 2.05) is 0 Å². The monoisotopic (exact) mass is 230 g/mol. The van der Waals surface area contributed by atoms with Crippen LogP contribution in [0.3, 0.4) is 0 Å². The maximum atomic E-state index is 3.41. The second-order valence-corrected chi connectivity index (χ2v) is 4.73. The summed E-state index contributed by atoms with van der Waals surface area (Å²) in [6.45, 7) is 3.37. The first-order valence-corrected chi connectivity index (χ1v) is 6.49. The molecule has 0 spiro atoms. The number of rotatable bonds is 4. The van der Waals surface area contributed by atoms with Gasteiger partial charge in [-0.1, -0.05) is 42.5 Å². The number of piperidine rings is 1. The Labute approximate surface area is 104 Å². The first kappa shape index (κ1) is 12.3. The van der Waals surface area contributed by atoms with E-state index < -0.39 is 0 Å². The van der Waals surface area contributed by atoms with Gasteiger partial charge in [0.25, 0.3) is 0 Å². The summed E-state index contributed by atoms with van der Waals surface area (Å²) in [7, 11) is 2.23. The second-order valence-electron chi connectivity index (χ2n) is 4.73. The summed E-state index contributed by atoms with van der Waals surface area (Å²) in [6.07, 6.45) is 7.01. The van der Waals surface area contributed by atoms with Gasteiger partial charge in [-0.2, -0.15) is 0 Å². The molecule has 0 aromatic heterocycles. The van der Waals surface area contributed by atoms with E-state index in [2.05, 4.69) is 59.7 Å². The van der Waals surface area contributed by atoms with Crippen molar-refractivity contribution in [1.82, 2.24) is 10.2 Å². The zero-order valence-corrected chi connectivity index (χ0v) is 10.6. The lowest BCUT2D eigenvalue weighted by Crippen LogP contribution is -2.41. The van der Waals surface area contributed by atoms with Crippen LogP contribution < -0.4 is 5.32 Å². The molecule has 1 aromatic carbocycles. The molecule has 0 bridgehead atoms. The van der Waals surface area contributed by atoms with Gasteiger partial charge in [0, 0.05) is 12.6 Å². The third-order valence-corrected chi connectivity index (χ3v) is 3.44. The lowest BCUT2D eigenvalue weighted by Gasteiger charge is -2.30. The van der Waals surface area contributed by atoms with E-state index >= 15 is 0 Å². The fourth-order valence-electron chi connectivity index (χ4n) is 2.32. The highest BCUT2D eigenvalue weighted by Gasteiger charge is 2.15. The molecule has 1 saturated heterocycles. The lowest BCUT2D eigenvalue weighted by molar-refractivity contribution is 0.217. The zero-order valence-electron chi connectivity index (χ0n) is 10.6. The van der Waals surface area contributed by atoms with Crippen molar-refractivity contribution in [2.45, 2.75) is 18.9 Å². The van der Waals surface area contributed by atoms with E-state index in [1.165, 1.54) is 18.4 Å². The minimum Gasteiger partial charge on any atom is -0.317 e. The highest BCUT2D eigenvalue weighted by molar-refractivity contribution is 5.48. The molecule has 92 valence electrons. The quantitative estimate of drug-likeness (QED) is 0.854. The van der Waals surface area contributed by atoms with Gasteiger partial charge in [0.15, 0.2) is 0 Å². The SMILES string of the molecule is CN(CC=Cc1ccccc1)C1CCNCC1. The average Bonchev–Trinajstić information content (AvgIpc) is 2.41. The first-order chi connectivity index (χ1) is 8.36. The van der Waals surface area contributed by atoms with Crippen LogP contribution in [0.5, 0.6) is 0 Å². The molecule has 1 aliphatic heterocycles. The standard InChI is InChI=1S/C15H22N2/c1-17(15-9-11-16-12-10-15)13-5-8-14-6-3-2-4-7-14/h2-8,15-16H,9-13H2,1H3. The van der Waals surface area contributed by atoms with Crippen LogP contribution in [0, 0.1) is 0 Å². The van der Waals surface area contributed by atoms with Gasteiger partial charge < -0.3 is 5.32 Å². The summed E-state index contributed by atoms with van der Waals surface area (Å²) in [4.78, 5) is 2.46. The molecule has 1 heterocycles. The Kier molecular flexibility index (Phi) is 4.77. The Morgan fingerprint density at radius 2 is 1.94 bits per heavy atom. The van der Waals surface area contributed by atoms with Crippen molar-refractivity contribution in [1.29, 1.82) is 0 Å². The van der Waals surface area contributed by atoms with Crippen molar-refractivity contribution in [2.24, 2.45) is 0 Å². The van der Waals surface area contributed by atoms with Gasteiger partial charge in [-0.15, -0.1) is 0 Å². The topological polar surface area (TPSA) is 15.3 Å². The minimum atomic E-state index is 0.747. The molecule has 0 unspecified atom stereocenters. The molecular formula is C15H22N2. The third-order valence-electron chi connectivity index (χ3n) is 3.44. The number of hydrogen-bond acceptors (Lipinski definition) is 2. The van der Waals surface area contributed by atoms with Crippen molar-refractivity contribution in [3.8, 4) is 0 Å². The summed E-state index contributed by atoms with van der Waals surface area (Å²) < 4.78 is 0. The molecule has 2 heteroatoms. The third kappa shape index (κ3) is 3.99. The molecule has 17 heavy (non-hydrogen) atoms. The fraction of sp³-hybridized carbons (Fsp3) is 0.467. The molecule has 1 aromatic rings. The van der Waals surface area contributed by atoms with Crippen molar-refractivity contribution in [3.05, 3.63) is 42.0 Å². The normalized spacial score (nSPS) is 18.0. The van der Waals surface area contributed by atoms with E-state index in [0.717, 1.165) is 25.7 Å². The van der Waals surface area contributed by atoms with Gasteiger partial charge >= 0.3 is 0 Å². The Bertz CT molecular complexity index is 339. The maximum absolute atomic E-state index is 3.41. The lowest BCUT2D eigenvalue weighted by atomic mass is 10.1. The van der Waals surface area contributed by atoms with Crippen molar-refractivity contribution < 1.29 is 0 Å². The van der Waals surface area contributed by atoms with E-state index in [1.54, 1.807) is 0 Å². The summed E-state index contributed by atoms with van der Waals surface area (Å²) in [5.41, 5.74) is 1.28. The van der Waals surface area contributed by atoms with Gasteiger partial charge in [-0.25, -0.2) is 0 Å². The molecule has 0 aliphatic carbocycles. The van der Waals surface area contributed by atoms with E-state index in [-0.39, 0.29) is 0 Å². The Balaban J connectivity index is 1.79. The molecule has 1 aliphatic rings. The van der Waals surface area contributed by atoms with E-state index in [0.29, 0.717) is 0 Å². The minimum absolute atomic E-state index is 0.747. The molecule has 0 amide bonds. The van der Waals surface area contributed by atoms with Gasteiger partial charge in [0.2, 0.25) is 0 Å². The summed E-state index contributed by atoms with van der Waals surface area (Å²) in [6, 6.07) is 11.2. The van der Waals surface area contributed by atoms with Crippen LogP contribution in [0.1, 0.15) is 18.4 Å². The van der Waals surface area contributed by atoms with Crippen LogP contribution in [0.15, 0.2) is 36.4 Å². The molecular weight excluding hydrogens is 208 g/mol. The number of nitrogens with one attached hydrogen (secondary N) is 1. The highest BCUT2D eigenvalue weighted by Crippen LogP contribution is 2.10. The highest BCUT2D eigenvalue weighted by atomic mass is 15.1. The number of hydrogen-bond donors (Lipinski definition) is 1. The smallest absolute Gasteiger partial charge is 0.0166 e. The molecule has 1 N–H and O–H groups in total. The van der Waals surface area contributed by atoms with Crippen LogP contribution >= 0.6 is 0 Å². The zero-order chi connectivity index (χ0) is 11.9. The van der Waals surface area contributed by atoms with Crippen molar-refractivity contribution in [2.75, 3.05) is 26.7 Å². The molecule has 2 nitrogen and oxygen atoms in total. The predicted octanol–water partition coefficient (Wildman–Crippen LogP) is 2.38. The van der Waals surface area contributed by atoms with Crippen molar-refractivity contribution in [3.63, 3.8) is 0 Å². The summed E-state index contributed by atoms with van der Waals surface area (Å²) >= 11 is 0. The van der Waals surface area contributed by atoms with Crippen LogP contribution in [-0.2, 0) is 0 Å². The average molecular weight is 230 g/mol. The van der Waals surface area contributed by atoms with Gasteiger partial charge in [0.05, 0.1) is 0 Å². The molecule has 1 fully saturated rings. The number of likely N-dealkylation sites (N-methyl/N-ethyl adjacent to an activating group) is 1. The van der Waals surface area contributed by atoms with Gasteiger partial charge in [-0.3, -0.25) is 4.90 Å². The molecule has 2 rings (SSSR count). The predicted molar refractivity (Wildman–Crippen MR) is 74.0 cm³/mol. The van der Waals surface area contributed by atoms with Crippen LogP contribution in [0.25, 0.3) is 6.08 Å². The fourth-order valence-corrected chi connectivity index (χ4v) is 2.32. The molecule has 0 atom stereocenters. The summed E-state index contributed by atoms with van der Waals surface area (Å²) in [5.74, 6) is 0.